The van der Waals surface area contributed by atoms with Gasteiger partial charge in [-0.25, -0.2) is 0 Å². The third-order valence-electron chi connectivity index (χ3n) is 3.95. The van der Waals surface area contributed by atoms with E-state index in [1.807, 2.05) is 0 Å². The van der Waals surface area contributed by atoms with Crippen LogP contribution in [0.25, 0.3) is 0 Å². The zero-order valence-corrected chi connectivity index (χ0v) is 12.6. The van der Waals surface area contributed by atoms with Gasteiger partial charge in [0.15, 0.2) is 0 Å². The number of hydrogen-bond donors (Lipinski definition) is 1. The Labute approximate surface area is 113 Å². The predicted molar refractivity (Wildman–Crippen MR) is 78.1 cm³/mol. The summed E-state index contributed by atoms with van der Waals surface area (Å²) in [5.41, 5.74) is 0. The van der Waals surface area contributed by atoms with E-state index in [1.165, 1.54) is 51.7 Å². The maximum atomic E-state index is 5.69. The van der Waals surface area contributed by atoms with Gasteiger partial charge in [0.2, 0.25) is 0 Å². The van der Waals surface area contributed by atoms with Crippen LogP contribution in [0.15, 0.2) is 0 Å². The number of piperidine rings is 1. The normalized spacial score (nSPS) is 20.2. The highest BCUT2D eigenvalue weighted by atomic mass is 16.5. The predicted octanol–water partition coefficient (Wildman–Crippen LogP) is 2.66. The van der Waals surface area contributed by atoms with E-state index in [0.717, 1.165) is 19.2 Å². The van der Waals surface area contributed by atoms with Gasteiger partial charge >= 0.3 is 0 Å². The standard InChI is InChI=1S/C15H32N2O/c1-4-14(16-5-2)8-7-11-17-12-9-15(10-13-17)18-6-3/h14-16H,4-13H2,1-3H3. The van der Waals surface area contributed by atoms with Crippen LogP contribution in [0.5, 0.6) is 0 Å². The molecule has 1 saturated heterocycles. The molecule has 1 heterocycles. The Hall–Kier alpha value is -0.120. The van der Waals surface area contributed by atoms with Crippen LogP contribution in [0, 0.1) is 0 Å². The first kappa shape index (κ1) is 15.9. The third-order valence-corrected chi connectivity index (χ3v) is 3.95. The number of nitrogens with zero attached hydrogens (tertiary/aromatic N) is 1. The molecule has 1 aliphatic heterocycles. The van der Waals surface area contributed by atoms with Crippen molar-refractivity contribution in [1.82, 2.24) is 10.2 Å². The molecule has 3 heteroatoms. The average Bonchev–Trinajstić information content (AvgIpc) is 2.40. The SMILES string of the molecule is CCNC(CC)CCCN1CCC(OCC)CC1. The van der Waals surface area contributed by atoms with E-state index in [9.17, 15) is 0 Å². The van der Waals surface area contributed by atoms with E-state index in [1.54, 1.807) is 0 Å². The molecule has 0 radical (unpaired) electrons. The monoisotopic (exact) mass is 256 g/mol. The molecule has 0 saturated carbocycles. The minimum absolute atomic E-state index is 0.524. The smallest absolute Gasteiger partial charge is 0.0599 e. The van der Waals surface area contributed by atoms with E-state index in [-0.39, 0.29) is 0 Å². The van der Waals surface area contributed by atoms with Gasteiger partial charge in [-0.05, 0) is 52.1 Å². The molecule has 1 fully saturated rings. The third kappa shape index (κ3) is 6.17. The molecule has 0 amide bonds. The summed E-state index contributed by atoms with van der Waals surface area (Å²) < 4.78 is 5.69. The van der Waals surface area contributed by atoms with Crippen molar-refractivity contribution in [3.63, 3.8) is 0 Å². The molecule has 0 bridgehead atoms. The Morgan fingerprint density at radius 1 is 1.22 bits per heavy atom. The summed E-state index contributed by atoms with van der Waals surface area (Å²) in [4.78, 5) is 2.61. The zero-order chi connectivity index (χ0) is 13.2. The second-order valence-corrected chi connectivity index (χ2v) is 5.30. The quantitative estimate of drug-likeness (QED) is 0.686. The number of rotatable bonds is 9. The number of hydrogen-bond acceptors (Lipinski definition) is 3. The molecular formula is C15H32N2O. The van der Waals surface area contributed by atoms with Crippen LogP contribution in [0.4, 0.5) is 0 Å². The first-order valence-electron chi connectivity index (χ1n) is 7.87. The maximum absolute atomic E-state index is 5.69. The molecule has 3 nitrogen and oxygen atoms in total. The summed E-state index contributed by atoms with van der Waals surface area (Å²) in [6, 6.07) is 0.718. The second kappa shape index (κ2) is 9.76. The topological polar surface area (TPSA) is 24.5 Å². The second-order valence-electron chi connectivity index (χ2n) is 5.30. The largest absolute Gasteiger partial charge is 0.378 e. The lowest BCUT2D eigenvalue weighted by Gasteiger charge is -2.32. The Bertz CT molecular complexity index is 191. The minimum Gasteiger partial charge on any atom is -0.378 e. The number of nitrogens with one attached hydrogen (secondary N) is 1. The summed E-state index contributed by atoms with van der Waals surface area (Å²) >= 11 is 0. The lowest BCUT2D eigenvalue weighted by atomic mass is 10.1. The molecule has 18 heavy (non-hydrogen) atoms. The van der Waals surface area contributed by atoms with Crippen LogP contribution >= 0.6 is 0 Å². The molecule has 0 aromatic carbocycles. The van der Waals surface area contributed by atoms with Gasteiger partial charge in [-0.3, -0.25) is 0 Å². The van der Waals surface area contributed by atoms with Crippen molar-refractivity contribution < 1.29 is 4.74 Å². The summed E-state index contributed by atoms with van der Waals surface area (Å²) in [7, 11) is 0. The Balaban J connectivity index is 2.06. The van der Waals surface area contributed by atoms with Crippen LogP contribution in [-0.2, 0) is 4.74 Å². The fraction of sp³-hybridized carbons (Fsp3) is 1.00. The average molecular weight is 256 g/mol. The van der Waals surface area contributed by atoms with Crippen LogP contribution in [-0.4, -0.2) is 49.8 Å². The highest BCUT2D eigenvalue weighted by molar-refractivity contribution is 4.73. The van der Waals surface area contributed by atoms with Gasteiger partial charge < -0.3 is 15.0 Å². The Morgan fingerprint density at radius 3 is 2.50 bits per heavy atom. The van der Waals surface area contributed by atoms with Gasteiger partial charge in [-0.15, -0.1) is 0 Å². The molecule has 0 aromatic rings. The maximum Gasteiger partial charge on any atom is 0.0599 e. The molecule has 1 atom stereocenters. The van der Waals surface area contributed by atoms with Gasteiger partial charge in [0.1, 0.15) is 0 Å². The highest BCUT2D eigenvalue weighted by Crippen LogP contribution is 2.14. The number of ether oxygens (including phenoxy) is 1. The van der Waals surface area contributed by atoms with Gasteiger partial charge in [-0.1, -0.05) is 13.8 Å². The van der Waals surface area contributed by atoms with Crippen LogP contribution in [0.3, 0.4) is 0 Å². The van der Waals surface area contributed by atoms with Crippen molar-refractivity contribution in [2.24, 2.45) is 0 Å². The van der Waals surface area contributed by atoms with Crippen LogP contribution in [0.2, 0.25) is 0 Å². The summed E-state index contributed by atoms with van der Waals surface area (Å²) in [6.07, 6.45) is 6.86. The van der Waals surface area contributed by atoms with Crippen molar-refractivity contribution in [3.8, 4) is 0 Å². The van der Waals surface area contributed by atoms with E-state index in [0.29, 0.717) is 6.10 Å². The van der Waals surface area contributed by atoms with Gasteiger partial charge in [-0.2, -0.15) is 0 Å². The lowest BCUT2D eigenvalue weighted by Crippen LogP contribution is -2.38. The molecule has 1 aliphatic rings. The molecular weight excluding hydrogens is 224 g/mol. The van der Waals surface area contributed by atoms with Crippen molar-refractivity contribution in [1.29, 1.82) is 0 Å². The van der Waals surface area contributed by atoms with E-state index in [2.05, 4.69) is 31.0 Å². The van der Waals surface area contributed by atoms with E-state index < -0.39 is 0 Å². The summed E-state index contributed by atoms with van der Waals surface area (Å²) in [5, 5.41) is 3.56. The van der Waals surface area contributed by atoms with Gasteiger partial charge in [0.05, 0.1) is 6.10 Å². The molecule has 1 unspecified atom stereocenters. The Kier molecular flexibility index (Phi) is 8.64. The van der Waals surface area contributed by atoms with E-state index in [4.69, 9.17) is 4.74 Å². The highest BCUT2D eigenvalue weighted by Gasteiger charge is 2.18. The van der Waals surface area contributed by atoms with Gasteiger partial charge in [0.25, 0.3) is 0 Å². The Morgan fingerprint density at radius 2 is 1.94 bits per heavy atom. The van der Waals surface area contributed by atoms with Crippen molar-refractivity contribution in [2.75, 3.05) is 32.8 Å². The summed E-state index contributed by atoms with van der Waals surface area (Å²) in [5.74, 6) is 0. The minimum atomic E-state index is 0.524. The van der Waals surface area contributed by atoms with Crippen molar-refractivity contribution in [2.45, 2.75) is 65.0 Å². The van der Waals surface area contributed by atoms with Crippen molar-refractivity contribution in [3.05, 3.63) is 0 Å². The van der Waals surface area contributed by atoms with E-state index >= 15 is 0 Å². The molecule has 0 aliphatic carbocycles. The molecule has 108 valence electrons. The summed E-state index contributed by atoms with van der Waals surface area (Å²) in [6.45, 7) is 12.2. The molecule has 1 N–H and O–H groups in total. The van der Waals surface area contributed by atoms with Gasteiger partial charge in [0, 0.05) is 25.7 Å². The van der Waals surface area contributed by atoms with Crippen LogP contribution in [0.1, 0.15) is 52.9 Å². The zero-order valence-electron chi connectivity index (χ0n) is 12.6. The molecule has 0 spiro atoms. The van der Waals surface area contributed by atoms with Crippen molar-refractivity contribution >= 4 is 0 Å². The molecule has 0 aromatic heterocycles. The lowest BCUT2D eigenvalue weighted by molar-refractivity contribution is 0.0139. The number of likely N-dealkylation sites (tertiary alicyclic amines) is 1. The van der Waals surface area contributed by atoms with Crippen LogP contribution < -0.4 is 5.32 Å². The first-order valence-corrected chi connectivity index (χ1v) is 7.87. The molecule has 1 rings (SSSR count). The first-order chi connectivity index (χ1) is 8.80. The fourth-order valence-corrected chi connectivity index (χ4v) is 2.84. The fourth-order valence-electron chi connectivity index (χ4n) is 2.84.